The number of hydrogen-bond donors (Lipinski definition) is 2. The van der Waals surface area contributed by atoms with Gasteiger partial charge in [-0.2, -0.15) is 13.2 Å². The van der Waals surface area contributed by atoms with Gasteiger partial charge in [-0.15, -0.1) is 0 Å². The molecule has 1 heterocycles. The van der Waals surface area contributed by atoms with Crippen LogP contribution in [0, 0.1) is 3.57 Å². The number of alkyl halides is 3. The number of sulfone groups is 1. The van der Waals surface area contributed by atoms with Gasteiger partial charge in [-0.05, 0) is 34.7 Å². The fourth-order valence-corrected chi connectivity index (χ4v) is 3.55. The van der Waals surface area contributed by atoms with Crippen LogP contribution < -0.4 is 5.32 Å². The van der Waals surface area contributed by atoms with Crippen molar-refractivity contribution < 1.29 is 45.8 Å². The van der Waals surface area contributed by atoms with Gasteiger partial charge in [-0.1, -0.05) is 0 Å². The molecule has 1 saturated heterocycles. The number of carbonyl (C=O) groups is 2. The Hall–Kier alpha value is -2.03. The lowest BCUT2D eigenvalue weighted by molar-refractivity contribution is -0.222. The maximum absolute atomic E-state index is 12.7. The molecule has 0 radical (unpaired) electrons. The first-order valence-electron chi connectivity index (χ1n) is 6.93. The highest BCUT2D eigenvalue weighted by Gasteiger charge is 2.47. The van der Waals surface area contributed by atoms with Crippen molar-refractivity contribution in [2.75, 3.05) is 5.32 Å². The van der Waals surface area contributed by atoms with Gasteiger partial charge in [0.05, 0.1) is 14.2 Å². The Kier molecular flexibility index (Phi) is 5.40. The molecule has 0 saturated carbocycles. The van der Waals surface area contributed by atoms with Crippen LogP contribution in [0.2, 0.25) is 0 Å². The molecule has 148 valence electrons. The summed E-state index contributed by atoms with van der Waals surface area (Å²) < 4.78 is 70.7. The maximum Gasteiger partial charge on any atom is 0.501 e. The molecular weight excluding hydrogens is 510 g/mol. The van der Waals surface area contributed by atoms with Gasteiger partial charge in [0.2, 0.25) is 0 Å². The van der Waals surface area contributed by atoms with Crippen molar-refractivity contribution in [3.05, 3.63) is 27.5 Å². The van der Waals surface area contributed by atoms with E-state index in [2.05, 4.69) is 5.32 Å². The molecule has 27 heavy (non-hydrogen) atoms. The third kappa shape index (κ3) is 4.28. The lowest BCUT2D eigenvalue weighted by Crippen LogP contribution is -2.42. The molecule has 0 unspecified atom stereocenters. The Morgan fingerprint density at radius 3 is 2.19 bits per heavy atom. The fraction of sp³-hybridized carbons (Fsp3) is 0.286. The Morgan fingerprint density at radius 2 is 1.70 bits per heavy atom. The number of phenols is 1. The minimum Gasteiger partial charge on any atom is -0.505 e. The normalized spacial score (nSPS) is 17.2. The Balaban J connectivity index is 2.43. The van der Waals surface area contributed by atoms with Crippen molar-refractivity contribution in [1.82, 2.24) is 0 Å². The Bertz CT molecular complexity index is 932. The summed E-state index contributed by atoms with van der Waals surface area (Å²) in [4.78, 5) is 22.5. The van der Waals surface area contributed by atoms with Crippen LogP contribution in [0.25, 0.3) is 0 Å². The highest BCUT2D eigenvalue weighted by molar-refractivity contribution is 14.1. The summed E-state index contributed by atoms with van der Waals surface area (Å²) in [5.41, 5.74) is -6.67. The Morgan fingerprint density at radius 1 is 1.19 bits per heavy atom. The highest BCUT2D eigenvalue weighted by atomic mass is 127. The summed E-state index contributed by atoms with van der Waals surface area (Å²) in [5.74, 6) is -4.23. The molecular formula is C14H11F3INO7S. The molecule has 2 rings (SSSR count). The van der Waals surface area contributed by atoms with Crippen molar-refractivity contribution >= 4 is 50.1 Å². The number of ether oxygens (including phenoxy) is 2. The zero-order chi connectivity index (χ0) is 20.8. The van der Waals surface area contributed by atoms with Crippen molar-refractivity contribution in [2.45, 2.75) is 30.0 Å². The van der Waals surface area contributed by atoms with Crippen molar-refractivity contribution in [2.24, 2.45) is 0 Å². The van der Waals surface area contributed by atoms with Gasteiger partial charge in [0.25, 0.3) is 15.6 Å². The van der Waals surface area contributed by atoms with Crippen LogP contribution in [-0.2, 0) is 28.9 Å². The summed E-state index contributed by atoms with van der Waals surface area (Å²) in [6.45, 7) is 2.62. The Labute approximate surface area is 164 Å². The van der Waals surface area contributed by atoms with Gasteiger partial charge in [-0.25, -0.2) is 18.0 Å². The molecule has 13 heteroatoms. The molecule has 1 aromatic rings. The molecule has 1 aromatic carbocycles. The van der Waals surface area contributed by atoms with E-state index < -0.39 is 55.0 Å². The van der Waals surface area contributed by atoms with Gasteiger partial charge < -0.3 is 19.9 Å². The highest BCUT2D eigenvalue weighted by Crippen LogP contribution is 2.37. The number of benzene rings is 1. The predicted molar refractivity (Wildman–Crippen MR) is 92.0 cm³/mol. The number of rotatable bonds is 3. The minimum absolute atomic E-state index is 0.214. The number of esters is 2. The van der Waals surface area contributed by atoms with Crippen LogP contribution in [-0.4, -0.2) is 36.8 Å². The SMILES string of the molecule is CC1(C)OC(=O)C(=CNc2cc(S(=O)(=O)C(F)(F)F)cc(I)c2O)C(=O)O1. The average molecular weight is 521 g/mol. The third-order valence-electron chi connectivity index (χ3n) is 3.14. The summed E-state index contributed by atoms with van der Waals surface area (Å²) in [6, 6.07) is 1.14. The molecule has 0 atom stereocenters. The first-order chi connectivity index (χ1) is 12.2. The van der Waals surface area contributed by atoms with E-state index in [1.807, 2.05) is 0 Å². The van der Waals surface area contributed by atoms with E-state index in [4.69, 9.17) is 9.47 Å². The molecule has 8 nitrogen and oxygen atoms in total. The topological polar surface area (TPSA) is 119 Å². The van der Waals surface area contributed by atoms with E-state index in [9.17, 15) is 36.3 Å². The number of halogens is 4. The van der Waals surface area contributed by atoms with Crippen LogP contribution in [0.5, 0.6) is 5.75 Å². The van der Waals surface area contributed by atoms with Crippen LogP contribution in [0.3, 0.4) is 0 Å². The first-order valence-corrected chi connectivity index (χ1v) is 9.49. The summed E-state index contributed by atoms with van der Waals surface area (Å²) in [7, 11) is -5.68. The van der Waals surface area contributed by atoms with Crippen LogP contribution in [0.15, 0.2) is 28.8 Å². The van der Waals surface area contributed by atoms with Gasteiger partial charge >= 0.3 is 17.4 Å². The lowest BCUT2D eigenvalue weighted by atomic mass is 10.2. The molecule has 1 aliphatic rings. The quantitative estimate of drug-likeness (QED) is 0.205. The number of anilines is 1. The molecule has 0 amide bonds. The third-order valence-corrected chi connectivity index (χ3v) is 5.43. The standard InChI is InChI=1S/C14H11F3INO7S/c1-13(2)25-11(21)7(12(22)26-13)5-19-9-4-6(3-8(18)10(9)20)27(23,24)14(15,16)17/h3-5,19-20H,1-2H3. The molecule has 0 aromatic heterocycles. The molecule has 0 spiro atoms. The minimum atomic E-state index is -5.68. The van der Waals surface area contributed by atoms with E-state index in [1.54, 1.807) is 0 Å². The second-order valence-corrected chi connectivity index (χ2v) is 8.74. The van der Waals surface area contributed by atoms with Gasteiger partial charge in [0.1, 0.15) is 0 Å². The zero-order valence-electron chi connectivity index (χ0n) is 13.5. The molecule has 2 N–H and O–H groups in total. The maximum atomic E-state index is 12.7. The summed E-state index contributed by atoms with van der Waals surface area (Å²) in [6.07, 6.45) is 0.731. The van der Waals surface area contributed by atoms with E-state index in [-0.39, 0.29) is 3.57 Å². The molecule has 0 aliphatic carbocycles. The van der Waals surface area contributed by atoms with E-state index >= 15 is 0 Å². The molecule has 0 bridgehead atoms. The molecule has 1 fully saturated rings. The largest absolute Gasteiger partial charge is 0.505 e. The van der Waals surface area contributed by atoms with Gasteiger partial charge in [0.15, 0.2) is 11.3 Å². The number of phenolic OH excluding ortho intramolecular Hbond substituents is 1. The predicted octanol–water partition coefficient (Wildman–Crippen LogP) is 2.42. The first kappa shape index (κ1) is 21.3. The average Bonchev–Trinajstić information content (AvgIpc) is 2.47. The number of carbonyl (C=O) groups excluding carboxylic acids is 2. The monoisotopic (exact) mass is 521 g/mol. The smallest absolute Gasteiger partial charge is 0.501 e. The fourth-order valence-electron chi connectivity index (χ4n) is 1.90. The van der Waals surface area contributed by atoms with E-state index in [1.165, 1.54) is 36.4 Å². The van der Waals surface area contributed by atoms with Crippen LogP contribution >= 0.6 is 22.6 Å². The van der Waals surface area contributed by atoms with Crippen molar-refractivity contribution in [1.29, 1.82) is 0 Å². The lowest BCUT2D eigenvalue weighted by Gasteiger charge is -2.29. The second kappa shape index (κ2) is 6.85. The number of aromatic hydroxyl groups is 1. The van der Waals surface area contributed by atoms with Crippen molar-refractivity contribution in [3.8, 4) is 5.75 Å². The molecule has 1 aliphatic heterocycles. The summed E-state index contributed by atoms with van der Waals surface area (Å²) >= 11 is 1.42. The van der Waals surface area contributed by atoms with E-state index in [0.717, 1.165) is 6.20 Å². The number of hydrogen-bond acceptors (Lipinski definition) is 8. The van der Waals surface area contributed by atoms with Gasteiger partial charge in [-0.3, -0.25) is 0 Å². The number of cyclic esters (lactones) is 2. The van der Waals surface area contributed by atoms with E-state index in [0.29, 0.717) is 12.1 Å². The zero-order valence-corrected chi connectivity index (χ0v) is 16.5. The van der Waals surface area contributed by atoms with Crippen molar-refractivity contribution in [3.63, 3.8) is 0 Å². The van der Waals surface area contributed by atoms with Crippen LogP contribution in [0.1, 0.15) is 13.8 Å². The van der Waals surface area contributed by atoms with Gasteiger partial charge in [0, 0.05) is 20.0 Å². The summed E-state index contributed by atoms with van der Waals surface area (Å²) in [5, 5.41) is 12.2. The number of nitrogens with one attached hydrogen (secondary N) is 1. The second-order valence-electron chi connectivity index (χ2n) is 5.63. The van der Waals surface area contributed by atoms with Crippen LogP contribution in [0.4, 0.5) is 18.9 Å².